The standard InChI is InChI=1S/C17H15N/c18-12-11-17(13-15-7-3-1-4-8-15)14-16-9-5-2-6-10-16/h1-11H,13-14H2. The van der Waals surface area contributed by atoms with Crippen LogP contribution in [0.25, 0.3) is 0 Å². The zero-order valence-electron chi connectivity index (χ0n) is 10.2. The lowest BCUT2D eigenvalue weighted by molar-refractivity contribution is 1.03. The molecule has 0 fully saturated rings. The summed E-state index contributed by atoms with van der Waals surface area (Å²) in [6.07, 6.45) is 3.34. The molecule has 0 spiro atoms. The van der Waals surface area contributed by atoms with E-state index in [2.05, 4.69) is 30.3 Å². The fourth-order valence-corrected chi connectivity index (χ4v) is 1.97. The fourth-order valence-electron chi connectivity index (χ4n) is 1.97. The molecule has 88 valence electrons. The van der Waals surface area contributed by atoms with E-state index in [1.54, 1.807) is 6.08 Å². The van der Waals surface area contributed by atoms with E-state index < -0.39 is 0 Å². The Hall–Kier alpha value is -2.33. The molecule has 2 aromatic carbocycles. The number of nitriles is 1. The van der Waals surface area contributed by atoms with Gasteiger partial charge in [0.25, 0.3) is 0 Å². The summed E-state index contributed by atoms with van der Waals surface area (Å²) in [6.45, 7) is 0. The van der Waals surface area contributed by atoms with Crippen LogP contribution in [0.5, 0.6) is 0 Å². The first-order chi connectivity index (χ1) is 8.88. The Kier molecular flexibility index (Phi) is 4.33. The number of allylic oxidation sites excluding steroid dienone is 2. The second-order valence-corrected chi connectivity index (χ2v) is 4.26. The van der Waals surface area contributed by atoms with Crippen molar-refractivity contribution in [2.24, 2.45) is 0 Å². The normalized spacial score (nSPS) is 9.50. The van der Waals surface area contributed by atoms with E-state index in [0.29, 0.717) is 0 Å². The maximum Gasteiger partial charge on any atom is 0.0911 e. The van der Waals surface area contributed by atoms with E-state index in [0.717, 1.165) is 18.4 Å². The Labute approximate surface area is 108 Å². The van der Waals surface area contributed by atoms with Crippen molar-refractivity contribution < 1.29 is 0 Å². The summed E-state index contributed by atoms with van der Waals surface area (Å²) >= 11 is 0. The van der Waals surface area contributed by atoms with Crippen molar-refractivity contribution >= 4 is 0 Å². The Morgan fingerprint density at radius 2 is 1.28 bits per heavy atom. The van der Waals surface area contributed by atoms with Gasteiger partial charge >= 0.3 is 0 Å². The van der Waals surface area contributed by atoms with Crippen LogP contribution in [-0.4, -0.2) is 0 Å². The minimum atomic E-state index is 0.837. The lowest BCUT2D eigenvalue weighted by Crippen LogP contribution is -1.95. The molecule has 0 atom stereocenters. The maximum absolute atomic E-state index is 8.87. The third-order valence-corrected chi connectivity index (χ3v) is 2.82. The van der Waals surface area contributed by atoms with Crippen molar-refractivity contribution in [1.29, 1.82) is 5.26 Å². The van der Waals surface area contributed by atoms with Crippen molar-refractivity contribution in [3.63, 3.8) is 0 Å². The Balaban J connectivity index is 2.11. The molecule has 2 aromatic rings. The second kappa shape index (κ2) is 6.42. The number of benzene rings is 2. The highest BCUT2D eigenvalue weighted by Crippen LogP contribution is 2.13. The Bertz CT molecular complexity index is 504. The number of hydrogen-bond acceptors (Lipinski definition) is 1. The molecular formula is C17H15N. The molecule has 1 heteroatoms. The van der Waals surface area contributed by atoms with Gasteiger partial charge in [0.15, 0.2) is 0 Å². The summed E-state index contributed by atoms with van der Waals surface area (Å²) in [5.74, 6) is 0. The average molecular weight is 233 g/mol. The van der Waals surface area contributed by atoms with Gasteiger partial charge in [-0.25, -0.2) is 0 Å². The van der Waals surface area contributed by atoms with Gasteiger partial charge in [0.2, 0.25) is 0 Å². The lowest BCUT2D eigenvalue weighted by Gasteiger charge is -2.06. The van der Waals surface area contributed by atoms with E-state index in [9.17, 15) is 0 Å². The van der Waals surface area contributed by atoms with Crippen molar-refractivity contribution in [3.8, 4) is 6.07 Å². The highest BCUT2D eigenvalue weighted by atomic mass is 14.2. The van der Waals surface area contributed by atoms with E-state index in [4.69, 9.17) is 5.26 Å². The number of hydrogen-bond donors (Lipinski definition) is 0. The molecule has 0 heterocycles. The van der Waals surface area contributed by atoms with Crippen LogP contribution in [0, 0.1) is 11.3 Å². The van der Waals surface area contributed by atoms with Crippen molar-refractivity contribution in [2.45, 2.75) is 12.8 Å². The fraction of sp³-hybridized carbons (Fsp3) is 0.118. The van der Waals surface area contributed by atoms with Gasteiger partial charge in [-0.2, -0.15) is 5.26 Å². The molecular weight excluding hydrogens is 218 g/mol. The largest absolute Gasteiger partial charge is 0.193 e. The van der Waals surface area contributed by atoms with Crippen LogP contribution < -0.4 is 0 Å². The first-order valence-electron chi connectivity index (χ1n) is 6.04. The molecule has 2 rings (SSSR count). The van der Waals surface area contributed by atoms with Crippen LogP contribution in [0.2, 0.25) is 0 Å². The topological polar surface area (TPSA) is 23.8 Å². The Morgan fingerprint density at radius 1 is 0.833 bits per heavy atom. The third-order valence-electron chi connectivity index (χ3n) is 2.82. The molecule has 18 heavy (non-hydrogen) atoms. The van der Waals surface area contributed by atoms with E-state index >= 15 is 0 Å². The van der Waals surface area contributed by atoms with Gasteiger partial charge in [0.05, 0.1) is 6.07 Å². The van der Waals surface area contributed by atoms with Gasteiger partial charge < -0.3 is 0 Å². The van der Waals surface area contributed by atoms with Crippen molar-refractivity contribution in [3.05, 3.63) is 83.4 Å². The second-order valence-electron chi connectivity index (χ2n) is 4.26. The molecule has 1 nitrogen and oxygen atoms in total. The van der Waals surface area contributed by atoms with E-state index in [1.807, 2.05) is 36.4 Å². The Morgan fingerprint density at radius 3 is 1.67 bits per heavy atom. The van der Waals surface area contributed by atoms with Gasteiger partial charge in [-0.05, 0) is 24.0 Å². The van der Waals surface area contributed by atoms with Crippen molar-refractivity contribution in [2.75, 3.05) is 0 Å². The van der Waals surface area contributed by atoms with Crippen LogP contribution in [0.1, 0.15) is 11.1 Å². The summed E-state index contributed by atoms with van der Waals surface area (Å²) in [5, 5.41) is 8.87. The zero-order chi connectivity index (χ0) is 12.6. The summed E-state index contributed by atoms with van der Waals surface area (Å²) in [7, 11) is 0. The highest BCUT2D eigenvalue weighted by Gasteiger charge is 2.01. The van der Waals surface area contributed by atoms with Gasteiger partial charge in [0.1, 0.15) is 0 Å². The predicted octanol–water partition coefficient (Wildman–Crippen LogP) is 3.92. The van der Waals surface area contributed by atoms with E-state index in [1.165, 1.54) is 11.1 Å². The predicted molar refractivity (Wildman–Crippen MR) is 74.0 cm³/mol. The molecule has 0 amide bonds. The van der Waals surface area contributed by atoms with Crippen LogP contribution in [-0.2, 0) is 12.8 Å². The summed E-state index contributed by atoms with van der Waals surface area (Å²) in [4.78, 5) is 0. The van der Waals surface area contributed by atoms with Gasteiger partial charge in [-0.15, -0.1) is 0 Å². The highest BCUT2D eigenvalue weighted by molar-refractivity contribution is 5.29. The van der Waals surface area contributed by atoms with Gasteiger partial charge in [0, 0.05) is 6.08 Å². The van der Waals surface area contributed by atoms with Crippen LogP contribution in [0.15, 0.2) is 72.3 Å². The molecule has 0 radical (unpaired) electrons. The zero-order valence-corrected chi connectivity index (χ0v) is 10.2. The molecule has 0 N–H and O–H groups in total. The first-order valence-corrected chi connectivity index (χ1v) is 6.04. The van der Waals surface area contributed by atoms with Crippen molar-refractivity contribution in [1.82, 2.24) is 0 Å². The molecule has 0 aliphatic rings. The molecule has 0 unspecified atom stereocenters. The monoisotopic (exact) mass is 233 g/mol. The first kappa shape index (κ1) is 12.1. The minimum absolute atomic E-state index is 0.837. The van der Waals surface area contributed by atoms with Gasteiger partial charge in [-0.3, -0.25) is 0 Å². The maximum atomic E-state index is 8.87. The number of rotatable bonds is 4. The lowest BCUT2D eigenvalue weighted by atomic mass is 9.98. The van der Waals surface area contributed by atoms with Crippen LogP contribution in [0.4, 0.5) is 0 Å². The molecule has 0 saturated heterocycles. The quantitative estimate of drug-likeness (QED) is 0.734. The van der Waals surface area contributed by atoms with Gasteiger partial charge in [-0.1, -0.05) is 66.2 Å². The van der Waals surface area contributed by atoms with Crippen LogP contribution >= 0.6 is 0 Å². The molecule has 0 saturated carbocycles. The molecule has 0 aliphatic carbocycles. The third kappa shape index (κ3) is 3.61. The summed E-state index contributed by atoms with van der Waals surface area (Å²) < 4.78 is 0. The average Bonchev–Trinajstić information content (AvgIpc) is 2.41. The summed E-state index contributed by atoms with van der Waals surface area (Å²) in [5.41, 5.74) is 3.64. The van der Waals surface area contributed by atoms with E-state index in [-0.39, 0.29) is 0 Å². The van der Waals surface area contributed by atoms with Crippen LogP contribution in [0.3, 0.4) is 0 Å². The minimum Gasteiger partial charge on any atom is -0.193 e. The smallest absolute Gasteiger partial charge is 0.0911 e. The number of nitrogens with zero attached hydrogens (tertiary/aromatic N) is 1. The molecule has 0 aromatic heterocycles. The SMILES string of the molecule is N#CC=C(Cc1ccccc1)Cc1ccccc1. The molecule has 0 aliphatic heterocycles. The molecule has 0 bridgehead atoms. The summed E-state index contributed by atoms with van der Waals surface area (Å²) in [6, 6.07) is 22.7.